The van der Waals surface area contributed by atoms with E-state index >= 15 is 0 Å². The summed E-state index contributed by atoms with van der Waals surface area (Å²) >= 11 is 0. The lowest BCUT2D eigenvalue weighted by Crippen LogP contribution is -2.41. The van der Waals surface area contributed by atoms with Gasteiger partial charge in [-0.15, -0.1) is 0 Å². The van der Waals surface area contributed by atoms with Crippen LogP contribution in [0.4, 0.5) is 0 Å². The summed E-state index contributed by atoms with van der Waals surface area (Å²) in [6, 6.07) is 7.76. The standard InChI is InChI=1S/C19H29BO5/c1-7-12-23-15-10-8-14(9-11-15)16(13-17(21)22-6)20-24-18(2,3)19(4,5)25-20/h8-11,16H,7,12-13H2,1-6H3. The summed E-state index contributed by atoms with van der Waals surface area (Å²) < 4.78 is 22.8. The van der Waals surface area contributed by atoms with Crippen molar-refractivity contribution in [2.24, 2.45) is 0 Å². The van der Waals surface area contributed by atoms with E-state index in [0.717, 1.165) is 17.7 Å². The van der Waals surface area contributed by atoms with Crippen LogP contribution in [0.3, 0.4) is 0 Å². The van der Waals surface area contributed by atoms with Gasteiger partial charge in [0.05, 0.1) is 31.3 Å². The average Bonchev–Trinajstić information content (AvgIpc) is 2.78. The van der Waals surface area contributed by atoms with Gasteiger partial charge in [0.25, 0.3) is 0 Å². The number of carbonyl (C=O) groups is 1. The van der Waals surface area contributed by atoms with Crippen molar-refractivity contribution in [1.29, 1.82) is 0 Å². The minimum Gasteiger partial charge on any atom is -0.494 e. The largest absolute Gasteiger partial charge is 0.494 e. The molecule has 0 N–H and O–H groups in total. The number of hydrogen-bond donors (Lipinski definition) is 0. The van der Waals surface area contributed by atoms with Crippen LogP contribution in [-0.2, 0) is 18.8 Å². The molecule has 1 aliphatic heterocycles. The van der Waals surface area contributed by atoms with E-state index in [0.29, 0.717) is 6.61 Å². The Bertz CT molecular complexity index is 566. The fourth-order valence-electron chi connectivity index (χ4n) is 2.72. The van der Waals surface area contributed by atoms with E-state index in [4.69, 9.17) is 18.8 Å². The number of methoxy groups -OCH3 is 1. The minimum absolute atomic E-state index is 0.197. The molecule has 1 aromatic rings. The predicted molar refractivity (Wildman–Crippen MR) is 97.7 cm³/mol. The maximum absolute atomic E-state index is 11.9. The van der Waals surface area contributed by atoms with Gasteiger partial charge in [-0.25, -0.2) is 0 Å². The van der Waals surface area contributed by atoms with E-state index in [1.165, 1.54) is 7.11 Å². The Labute approximate surface area is 151 Å². The molecule has 0 amide bonds. The van der Waals surface area contributed by atoms with Crippen molar-refractivity contribution < 1.29 is 23.6 Å². The zero-order valence-electron chi connectivity index (χ0n) is 16.1. The zero-order valence-corrected chi connectivity index (χ0v) is 16.1. The van der Waals surface area contributed by atoms with Gasteiger partial charge < -0.3 is 18.8 Å². The van der Waals surface area contributed by atoms with Gasteiger partial charge in [0.1, 0.15) is 5.75 Å². The Kier molecular flexibility index (Phi) is 6.17. The number of carbonyl (C=O) groups excluding carboxylic acids is 1. The monoisotopic (exact) mass is 348 g/mol. The summed E-state index contributed by atoms with van der Waals surface area (Å²) in [4.78, 5) is 11.9. The van der Waals surface area contributed by atoms with Crippen molar-refractivity contribution in [1.82, 2.24) is 0 Å². The highest BCUT2D eigenvalue weighted by molar-refractivity contribution is 6.48. The van der Waals surface area contributed by atoms with Crippen molar-refractivity contribution >= 4 is 13.1 Å². The molecule has 0 saturated carbocycles. The molecule has 0 radical (unpaired) electrons. The number of ether oxygens (including phenoxy) is 2. The zero-order chi connectivity index (χ0) is 18.7. The van der Waals surface area contributed by atoms with Gasteiger partial charge in [-0.1, -0.05) is 19.1 Å². The van der Waals surface area contributed by atoms with Crippen LogP contribution in [0.25, 0.3) is 0 Å². The van der Waals surface area contributed by atoms with Crippen molar-refractivity contribution in [3.8, 4) is 5.75 Å². The van der Waals surface area contributed by atoms with Crippen LogP contribution in [0.5, 0.6) is 5.75 Å². The van der Waals surface area contributed by atoms with Crippen LogP contribution in [0.15, 0.2) is 24.3 Å². The van der Waals surface area contributed by atoms with E-state index in [1.807, 2.05) is 52.0 Å². The van der Waals surface area contributed by atoms with Crippen molar-refractivity contribution in [3.05, 3.63) is 29.8 Å². The summed E-state index contributed by atoms with van der Waals surface area (Å²) in [5.41, 5.74) is 0.0691. The molecule has 1 aromatic carbocycles. The van der Waals surface area contributed by atoms with E-state index < -0.39 is 18.3 Å². The molecule has 5 nitrogen and oxygen atoms in total. The summed E-state index contributed by atoms with van der Waals surface area (Å²) in [5, 5.41) is 0. The minimum atomic E-state index is -0.508. The molecule has 138 valence electrons. The maximum Gasteiger partial charge on any atom is 0.466 e. The van der Waals surface area contributed by atoms with Crippen LogP contribution in [0.2, 0.25) is 0 Å². The number of rotatable bonds is 7. The number of benzene rings is 1. The molecule has 2 rings (SSSR count). The van der Waals surface area contributed by atoms with Gasteiger partial charge in [-0.3, -0.25) is 4.79 Å². The first-order chi connectivity index (χ1) is 11.7. The Morgan fingerprint density at radius 1 is 1.12 bits per heavy atom. The van der Waals surface area contributed by atoms with Crippen LogP contribution in [0, 0.1) is 0 Å². The highest BCUT2D eigenvalue weighted by Crippen LogP contribution is 2.42. The van der Waals surface area contributed by atoms with Gasteiger partial charge in [0, 0.05) is 5.82 Å². The fourth-order valence-corrected chi connectivity index (χ4v) is 2.72. The first kappa shape index (κ1) is 19.8. The van der Waals surface area contributed by atoms with E-state index in [1.54, 1.807) is 0 Å². The third-order valence-electron chi connectivity index (χ3n) is 5.00. The molecule has 6 heteroatoms. The van der Waals surface area contributed by atoms with Crippen LogP contribution in [0.1, 0.15) is 58.8 Å². The molecule has 1 aliphatic rings. The summed E-state index contributed by atoms with van der Waals surface area (Å²) in [6.45, 7) is 10.8. The molecule has 0 spiro atoms. The second-order valence-corrected chi connectivity index (χ2v) is 7.43. The second-order valence-electron chi connectivity index (χ2n) is 7.43. The summed E-state index contributed by atoms with van der Waals surface area (Å²) in [7, 11) is 0.886. The topological polar surface area (TPSA) is 54.0 Å². The molecule has 1 fully saturated rings. The van der Waals surface area contributed by atoms with Crippen molar-refractivity contribution in [3.63, 3.8) is 0 Å². The molecule has 1 atom stereocenters. The number of esters is 1. The molecule has 1 unspecified atom stereocenters. The maximum atomic E-state index is 11.9. The average molecular weight is 348 g/mol. The normalized spacial score (nSPS) is 19.5. The lowest BCUT2D eigenvalue weighted by atomic mass is 9.66. The molecular weight excluding hydrogens is 319 g/mol. The van der Waals surface area contributed by atoms with Crippen molar-refractivity contribution in [2.75, 3.05) is 13.7 Å². The predicted octanol–water partition coefficient (Wildman–Crippen LogP) is 3.75. The van der Waals surface area contributed by atoms with Gasteiger partial charge in [0.2, 0.25) is 0 Å². The van der Waals surface area contributed by atoms with E-state index in [-0.39, 0.29) is 18.2 Å². The van der Waals surface area contributed by atoms with E-state index in [2.05, 4.69) is 6.92 Å². The van der Waals surface area contributed by atoms with Crippen LogP contribution >= 0.6 is 0 Å². The SMILES string of the molecule is CCCOc1ccc(C(CC(=O)OC)B2OC(C)(C)C(C)(C)O2)cc1. The highest BCUT2D eigenvalue weighted by Gasteiger charge is 2.54. The molecule has 1 heterocycles. The summed E-state index contributed by atoms with van der Waals surface area (Å²) in [6.07, 6.45) is 1.16. The van der Waals surface area contributed by atoms with Gasteiger partial charge in [-0.05, 0) is 51.8 Å². The summed E-state index contributed by atoms with van der Waals surface area (Å²) in [5.74, 6) is 0.288. The lowest BCUT2D eigenvalue weighted by Gasteiger charge is -2.32. The Morgan fingerprint density at radius 3 is 2.16 bits per heavy atom. The highest BCUT2D eigenvalue weighted by atomic mass is 16.7. The lowest BCUT2D eigenvalue weighted by molar-refractivity contribution is -0.140. The first-order valence-electron chi connectivity index (χ1n) is 8.85. The second kappa shape index (κ2) is 7.79. The smallest absolute Gasteiger partial charge is 0.466 e. The molecular formula is C19H29BO5. The van der Waals surface area contributed by atoms with Crippen LogP contribution < -0.4 is 4.74 Å². The molecule has 0 aliphatic carbocycles. The Morgan fingerprint density at radius 2 is 1.68 bits per heavy atom. The van der Waals surface area contributed by atoms with E-state index in [9.17, 15) is 4.79 Å². The third-order valence-corrected chi connectivity index (χ3v) is 5.00. The van der Waals surface area contributed by atoms with Crippen molar-refractivity contribution in [2.45, 2.75) is 64.5 Å². The quantitative estimate of drug-likeness (QED) is 0.555. The molecule has 25 heavy (non-hydrogen) atoms. The first-order valence-corrected chi connectivity index (χ1v) is 8.85. The fraction of sp³-hybridized carbons (Fsp3) is 0.632. The molecule has 0 aromatic heterocycles. The molecule has 1 saturated heterocycles. The Balaban J connectivity index is 2.23. The van der Waals surface area contributed by atoms with Gasteiger partial charge >= 0.3 is 13.1 Å². The molecule has 0 bridgehead atoms. The number of hydrogen-bond acceptors (Lipinski definition) is 5. The van der Waals surface area contributed by atoms with Gasteiger partial charge in [-0.2, -0.15) is 0 Å². The van der Waals surface area contributed by atoms with Gasteiger partial charge in [0.15, 0.2) is 0 Å². The Hall–Kier alpha value is -1.53. The van der Waals surface area contributed by atoms with Crippen LogP contribution in [-0.4, -0.2) is 38.0 Å². The third kappa shape index (κ3) is 4.56.